The Morgan fingerprint density at radius 2 is 1.90 bits per heavy atom. The highest BCUT2D eigenvalue weighted by atomic mass is 32.1. The van der Waals surface area contributed by atoms with Crippen LogP contribution in [0.5, 0.6) is 0 Å². The average molecular weight is 307 g/mol. The van der Waals surface area contributed by atoms with Crippen LogP contribution in [0.4, 0.5) is 0 Å². The molecular formula is C14H21N5OS. The van der Waals surface area contributed by atoms with E-state index >= 15 is 0 Å². The van der Waals surface area contributed by atoms with Gasteiger partial charge in [-0.05, 0) is 25.7 Å². The van der Waals surface area contributed by atoms with E-state index in [1.807, 2.05) is 4.52 Å². The van der Waals surface area contributed by atoms with E-state index in [9.17, 15) is 0 Å². The fraction of sp³-hybridized carbons (Fsp3) is 0.786. The molecule has 1 saturated carbocycles. The van der Waals surface area contributed by atoms with Crippen molar-refractivity contribution in [1.29, 1.82) is 0 Å². The summed E-state index contributed by atoms with van der Waals surface area (Å²) < 4.78 is 7.39. The SMILES string of the molecule is NC1CCCCC1c1nn2c(C3CCOCC3)nnc2s1. The quantitative estimate of drug-likeness (QED) is 0.919. The molecule has 0 amide bonds. The summed E-state index contributed by atoms with van der Waals surface area (Å²) in [4.78, 5) is 0.907. The van der Waals surface area contributed by atoms with Gasteiger partial charge in [0.25, 0.3) is 0 Å². The first-order valence-corrected chi connectivity index (χ1v) is 8.70. The monoisotopic (exact) mass is 307 g/mol. The topological polar surface area (TPSA) is 78.3 Å². The number of aromatic nitrogens is 4. The normalized spacial score (nSPS) is 28.2. The van der Waals surface area contributed by atoms with Crippen LogP contribution in [0.15, 0.2) is 0 Å². The van der Waals surface area contributed by atoms with Crippen LogP contribution >= 0.6 is 11.3 Å². The number of nitrogens with zero attached hydrogens (tertiary/aromatic N) is 4. The maximum absolute atomic E-state index is 6.29. The molecule has 2 atom stereocenters. The summed E-state index contributed by atoms with van der Waals surface area (Å²) >= 11 is 1.66. The van der Waals surface area contributed by atoms with E-state index in [1.54, 1.807) is 11.3 Å². The number of rotatable bonds is 2. The Bertz CT molecular complexity index is 618. The molecule has 114 valence electrons. The van der Waals surface area contributed by atoms with E-state index < -0.39 is 0 Å². The second-order valence-electron chi connectivity index (χ2n) is 6.13. The number of hydrogen-bond donors (Lipinski definition) is 1. The summed E-state index contributed by atoms with van der Waals surface area (Å²) in [5.41, 5.74) is 6.29. The highest BCUT2D eigenvalue weighted by molar-refractivity contribution is 7.16. The fourth-order valence-electron chi connectivity index (χ4n) is 3.47. The molecule has 2 unspecified atom stereocenters. The Labute approximate surface area is 127 Å². The minimum Gasteiger partial charge on any atom is -0.381 e. The zero-order chi connectivity index (χ0) is 14.2. The van der Waals surface area contributed by atoms with Crippen LogP contribution in [-0.2, 0) is 4.74 Å². The van der Waals surface area contributed by atoms with Gasteiger partial charge in [-0.25, -0.2) is 0 Å². The Kier molecular flexibility index (Phi) is 3.64. The van der Waals surface area contributed by atoms with Crippen molar-refractivity contribution >= 4 is 16.3 Å². The van der Waals surface area contributed by atoms with Crippen molar-refractivity contribution in [2.24, 2.45) is 5.73 Å². The molecule has 0 radical (unpaired) electrons. The molecule has 1 aliphatic heterocycles. The predicted molar refractivity (Wildman–Crippen MR) is 80.6 cm³/mol. The van der Waals surface area contributed by atoms with Gasteiger partial charge in [0.2, 0.25) is 4.96 Å². The van der Waals surface area contributed by atoms with E-state index in [1.165, 1.54) is 12.8 Å². The van der Waals surface area contributed by atoms with Crippen LogP contribution in [0, 0.1) is 0 Å². The van der Waals surface area contributed by atoms with Gasteiger partial charge in [0.1, 0.15) is 5.01 Å². The van der Waals surface area contributed by atoms with Crippen molar-refractivity contribution in [3.63, 3.8) is 0 Å². The minimum absolute atomic E-state index is 0.245. The molecule has 1 aliphatic carbocycles. The van der Waals surface area contributed by atoms with Crippen molar-refractivity contribution in [2.75, 3.05) is 13.2 Å². The van der Waals surface area contributed by atoms with Crippen LogP contribution in [-0.4, -0.2) is 39.1 Å². The van der Waals surface area contributed by atoms with Gasteiger partial charge in [-0.1, -0.05) is 24.2 Å². The zero-order valence-corrected chi connectivity index (χ0v) is 12.9. The molecule has 0 aromatic carbocycles. The maximum atomic E-state index is 6.29. The molecule has 1 saturated heterocycles. The lowest BCUT2D eigenvalue weighted by Crippen LogP contribution is -2.31. The molecule has 6 nitrogen and oxygen atoms in total. The summed E-state index contributed by atoms with van der Waals surface area (Å²) in [7, 11) is 0. The lowest BCUT2D eigenvalue weighted by Gasteiger charge is -2.26. The first kappa shape index (κ1) is 13.6. The molecule has 2 aliphatic rings. The molecule has 2 aromatic rings. The second kappa shape index (κ2) is 5.62. The molecule has 3 heterocycles. The number of fused-ring (bicyclic) bond motifs is 1. The third-order valence-corrected chi connectivity index (χ3v) is 5.78. The van der Waals surface area contributed by atoms with Crippen molar-refractivity contribution in [1.82, 2.24) is 19.8 Å². The van der Waals surface area contributed by atoms with Gasteiger partial charge in [0, 0.05) is 31.1 Å². The molecule has 2 aromatic heterocycles. The maximum Gasteiger partial charge on any atom is 0.234 e. The third kappa shape index (κ3) is 2.47. The van der Waals surface area contributed by atoms with Gasteiger partial charge < -0.3 is 10.5 Å². The summed E-state index contributed by atoms with van der Waals surface area (Å²) in [6.07, 6.45) is 6.78. The average Bonchev–Trinajstić information content (AvgIpc) is 3.08. The van der Waals surface area contributed by atoms with Crippen molar-refractivity contribution in [3.8, 4) is 0 Å². The van der Waals surface area contributed by atoms with Crippen LogP contribution in [0.3, 0.4) is 0 Å². The Morgan fingerprint density at radius 1 is 1.10 bits per heavy atom. The number of hydrogen-bond acceptors (Lipinski definition) is 6. The van der Waals surface area contributed by atoms with Gasteiger partial charge in [0.05, 0.1) is 0 Å². The summed E-state index contributed by atoms with van der Waals surface area (Å²) in [5, 5.41) is 14.6. The smallest absolute Gasteiger partial charge is 0.234 e. The number of nitrogens with two attached hydrogens (primary N) is 1. The van der Waals surface area contributed by atoms with Gasteiger partial charge in [-0.15, -0.1) is 10.2 Å². The highest BCUT2D eigenvalue weighted by Crippen LogP contribution is 2.35. The highest BCUT2D eigenvalue weighted by Gasteiger charge is 2.29. The minimum atomic E-state index is 0.245. The van der Waals surface area contributed by atoms with Crippen molar-refractivity contribution < 1.29 is 4.74 Å². The van der Waals surface area contributed by atoms with Crippen LogP contribution in [0.25, 0.3) is 4.96 Å². The largest absolute Gasteiger partial charge is 0.381 e. The van der Waals surface area contributed by atoms with E-state index in [4.69, 9.17) is 15.6 Å². The lowest BCUT2D eigenvalue weighted by molar-refractivity contribution is 0.0831. The predicted octanol–water partition coefficient (Wildman–Crippen LogP) is 2.06. The van der Waals surface area contributed by atoms with Crippen molar-refractivity contribution in [2.45, 2.75) is 56.4 Å². The molecule has 0 spiro atoms. The van der Waals surface area contributed by atoms with Gasteiger partial charge in [0.15, 0.2) is 5.82 Å². The molecule has 2 fully saturated rings. The van der Waals surface area contributed by atoms with E-state index in [-0.39, 0.29) is 6.04 Å². The molecule has 2 N–H and O–H groups in total. The molecule has 4 rings (SSSR count). The van der Waals surface area contributed by atoms with E-state index in [0.29, 0.717) is 11.8 Å². The fourth-order valence-corrected chi connectivity index (χ4v) is 4.53. The lowest BCUT2D eigenvalue weighted by atomic mass is 9.86. The Hall–Kier alpha value is -1.05. The zero-order valence-electron chi connectivity index (χ0n) is 12.1. The molecule has 0 bridgehead atoms. The summed E-state index contributed by atoms with van der Waals surface area (Å²) in [5.74, 6) is 1.82. The third-order valence-electron chi connectivity index (χ3n) is 4.75. The Morgan fingerprint density at radius 3 is 2.71 bits per heavy atom. The van der Waals surface area contributed by atoms with Gasteiger partial charge >= 0.3 is 0 Å². The van der Waals surface area contributed by atoms with Crippen LogP contribution < -0.4 is 5.73 Å². The second-order valence-corrected chi connectivity index (χ2v) is 7.12. The first-order chi connectivity index (χ1) is 10.3. The van der Waals surface area contributed by atoms with Crippen molar-refractivity contribution in [3.05, 3.63) is 10.8 Å². The standard InChI is InChI=1S/C14H21N5OS/c15-11-4-2-1-3-10(11)13-18-19-12(16-17-14(19)21-13)9-5-7-20-8-6-9/h9-11H,1-8,15H2. The van der Waals surface area contributed by atoms with E-state index in [0.717, 1.165) is 54.7 Å². The Balaban J connectivity index is 1.65. The summed E-state index contributed by atoms with van der Waals surface area (Å²) in [6.45, 7) is 1.62. The van der Waals surface area contributed by atoms with Crippen LogP contribution in [0.1, 0.15) is 61.2 Å². The first-order valence-electron chi connectivity index (χ1n) is 7.88. The van der Waals surface area contributed by atoms with E-state index in [2.05, 4.69) is 10.2 Å². The molecule has 7 heteroatoms. The van der Waals surface area contributed by atoms with Gasteiger partial charge in [-0.3, -0.25) is 0 Å². The number of ether oxygens (including phenoxy) is 1. The van der Waals surface area contributed by atoms with Crippen LogP contribution in [0.2, 0.25) is 0 Å². The summed E-state index contributed by atoms with van der Waals surface area (Å²) in [6, 6.07) is 0.245. The molecule has 21 heavy (non-hydrogen) atoms. The van der Waals surface area contributed by atoms with Gasteiger partial charge in [-0.2, -0.15) is 9.61 Å². The molecular weight excluding hydrogens is 286 g/mol.